The molecule has 3 rings (SSSR count). The van der Waals surface area contributed by atoms with Gasteiger partial charge in [-0.15, -0.1) is 0 Å². The van der Waals surface area contributed by atoms with Crippen LogP contribution in [0, 0.1) is 17.0 Å². The Morgan fingerprint density at radius 1 is 1.31 bits per heavy atom. The first-order chi connectivity index (χ1) is 13.6. The van der Waals surface area contributed by atoms with Crippen molar-refractivity contribution in [3.05, 3.63) is 69.7 Å². The molecular weight excluding hydrogens is 393 g/mol. The second-order valence-electron chi connectivity index (χ2n) is 6.23. The molecule has 0 radical (unpaired) electrons. The van der Waals surface area contributed by atoms with Crippen molar-refractivity contribution in [1.82, 2.24) is 19.6 Å². The molecule has 0 aliphatic heterocycles. The Bertz CT molecular complexity index is 1060. The quantitative estimate of drug-likeness (QED) is 0.498. The number of amides is 1. The number of hydrogen-bond donors (Lipinski definition) is 1. The fourth-order valence-corrected chi connectivity index (χ4v) is 2.63. The molecule has 1 aromatic carbocycles. The number of hydrogen-bond acceptors (Lipinski definition) is 5. The molecule has 3 aromatic rings. The molecule has 152 valence electrons. The number of carbonyl (C=O) groups excluding carboxylic acids is 1. The predicted molar refractivity (Wildman–Crippen MR) is 95.0 cm³/mol. The highest BCUT2D eigenvalue weighted by Gasteiger charge is 2.30. The number of aryl methyl sites for hydroxylation is 1. The highest BCUT2D eigenvalue weighted by molar-refractivity contribution is 5.90. The fourth-order valence-electron chi connectivity index (χ4n) is 2.63. The van der Waals surface area contributed by atoms with Crippen molar-refractivity contribution in [2.24, 2.45) is 0 Å². The van der Waals surface area contributed by atoms with Gasteiger partial charge in [-0.05, 0) is 29.5 Å². The third-order valence-electron chi connectivity index (χ3n) is 3.96. The van der Waals surface area contributed by atoms with E-state index in [1.54, 1.807) is 13.0 Å². The number of halogens is 3. The summed E-state index contributed by atoms with van der Waals surface area (Å²) < 4.78 is 41.0. The van der Waals surface area contributed by atoms with E-state index in [-0.39, 0.29) is 18.9 Å². The topological polar surface area (TPSA) is 108 Å². The van der Waals surface area contributed by atoms with Gasteiger partial charge < -0.3 is 15.4 Å². The third kappa shape index (κ3) is 4.97. The van der Waals surface area contributed by atoms with Gasteiger partial charge in [0.25, 0.3) is 0 Å². The summed E-state index contributed by atoms with van der Waals surface area (Å²) in [7, 11) is 0. The molecule has 0 aliphatic rings. The summed E-state index contributed by atoms with van der Waals surface area (Å²) in [5.41, 5.74) is 0.438. The van der Waals surface area contributed by atoms with Gasteiger partial charge in [-0.2, -0.15) is 23.0 Å². The van der Waals surface area contributed by atoms with Gasteiger partial charge in [0.1, 0.15) is 6.54 Å². The van der Waals surface area contributed by atoms with Crippen LogP contribution in [0.15, 0.2) is 42.7 Å². The van der Waals surface area contributed by atoms with E-state index in [0.717, 1.165) is 12.1 Å². The number of aromatic nitrogens is 4. The Morgan fingerprint density at radius 2 is 2.07 bits per heavy atom. The summed E-state index contributed by atoms with van der Waals surface area (Å²) in [5, 5.41) is 21.0. The van der Waals surface area contributed by atoms with E-state index in [4.69, 9.17) is 0 Å². The average molecular weight is 408 g/mol. The summed E-state index contributed by atoms with van der Waals surface area (Å²) in [6, 6.07) is 6.13. The van der Waals surface area contributed by atoms with Crippen LogP contribution in [0.4, 0.5) is 24.7 Å². The number of nitro groups is 1. The summed E-state index contributed by atoms with van der Waals surface area (Å²) >= 11 is 0. The Morgan fingerprint density at radius 3 is 2.72 bits per heavy atom. The zero-order valence-corrected chi connectivity index (χ0v) is 15.1. The number of carbonyl (C=O) groups is 1. The minimum absolute atomic E-state index is 0.0875. The lowest BCUT2D eigenvalue weighted by molar-refractivity contribution is -0.389. The molecule has 0 unspecified atom stereocenters. The first-order valence-electron chi connectivity index (χ1n) is 8.29. The number of nitrogens with zero attached hydrogens (tertiary/aromatic N) is 5. The Hall–Kier alpha value is -3.70. The number of rotatable bonds is 6. The standard InChI is InChI=1S/C17H15F3N6O3/c1-11-5-15(26(28)29)23-25(11)10-16(27)22-14-7-21-24(9-14)8-12-3-2-4-13(6-12)17(18,19)20/h2-7,9H,8,10H2,1H3,(H,22,27). The van der Waals surface area contributed by atoms with Gasteiger partial charge in [0.05, 0.1) is 40.9 Å². The van der Waals surface area contributed by atoms with Gasteiger partial charge in [0.2, 0.25) is 5.91 Å². The van der Waals surface area contributed by atoms with Crippen LogP contribution in [-0.4, -0.2) is 30.4 Å². The second kappa shape index (κ2) is 7.73. The molecule has 0 fully saturated rings. The molecule has 2 aromatic heterocycles. The smallest absolute Gasteiger partial charge is 0.358 e. The minimum Gasteiger partial charge on any atom is -0.358 e. The lowest BCUT2D eigenvalue weighted by Crippen LogP contribution is -2.20. The highest BCUT2D eigenvalue weighted by atomic mass is 19.4. The molecule has 12 heteroatoms. The van der Waals surface area contributed by atoms with E-state index in [0.29, 0.717) is 16.9 Å². The average Bonchev–Trinajstić information content (AvgIpc) is 3.21. The molecular formula is C17H15F3N6O3. The van der Waals surface area contributed by atoms with Crippen LogP contribution in [-0.2, 0) is 24.1 Å². The summed E-state index contributed by atoms with van der Waals surface area (Å²) in [5.74, 6) is -0.839. The van der Waals surface area contributed by atoms with E-state index in [2.05, 4.69) is 15.5 Å². The highest BCUT2D eigenvalue weighted by Crippen LogP contribution is 2.29. The lowest BCUT2D eigenvalue weighted by Gasteiger charge is -2.08. The summed E-state index contributed by atoms with van der Waals surface area (Å²) in [6.07, 6.45) is -1.61. The van der Waals surface area contributed by atoms with E-state index in [1.165, 1.54) is 33.9 Å². The molecule has 0 saturated heterocycles. The molecule has 0 aliphatic carbocycles. The minimum atomic E-state index is -4.43. The van der Waals surface area contributed by atoms with Crippen molar-refractivity contribution in [2.75, 3.05) is 5.32 Å². The van der Waals surface area contributed by atoms with Gasteiger partial charge in [-0.3, -0.25) is 9.48 Å². The normalized spacial score (nSPS) is 11.4. The van der Waals surface area contributed by atoms with Crippen molar-refractivity contribution < 1.29 is 22.9 Å². The Kier molecular flexibility index (Phi) is 5.35. The van der Waals surface area contributed by atoms with Crippen LogP contribution < -0.4 is 5.32 Å². The molecule has 9 nitrogen and oxygen atoms in total. The largest absolute Gasteiger partial charge is 0.416 e. The molecule has 0 bridgehead atoms. The number of alkyl halides is 3. The maximum atomic E-state index is 12.8. The van der Waals surface area contributed by atoms with Gasteiger partial charge >= 0.3 is 12.0 Å². The van der Waals surface area contributed by atoms with Crippen LogP contribution in [0.2, 0.25) is 0 Å². The van der Waals surface area contributed by atoms with Gasteiger partial charge in [-0.1, -0.05) is 12.1 Å². The summed E-state index contributed by atoms with van der Waals surface area (Å²) in [4.78, 5) is 22.2. The van der Waals surface area contributed by atoms with Crippen molar-refractivity contribution in [2.45, 2.75) is 26.2 Å². The first-order valence-corrected chi connectivity index (χ1v) is 8.29. The maximum Gasteiger partial charge on any atom is 0.416 e. The van der Waals surface area contributed by atoms with Crippen LogP contribution in [0.25, 0.3) is 0 Å². The van der Waals surface area contributed by atoms with E-state index >= 15 is 0 Å². The number of benzene rings is 1. The SMILES string of the molecule is Cc1cc([N+](=O)[O-])nn1CC(=O)Nc1cnn(Cc2cccc(C(F)(F)F)c2)c1. The first kappa shape index (κ1) is 20.0. The molecule has 1 N–H and O–H groups in total. The summed E-state index contributed by atoms with van der Waals surface area (Å²) in [6.45, 7) is 1.43. The fraction of sp³-hybridized carbons (Fsp3) is 0.235. The zero-order chi connectivity index (χ0) is 21.2. The van der Waals surface area contributed by atoms with Crippen LogP contribution >= 0.6 is 0 Å². The van der Waals surface area contributed by atoms with E-state index in [1.807, 2.05) is 0 Å². The molecule has 0 saturated carbocycles. The number of anilines is 1. The number of nitrogens with one attached hydrogen (secondary N) is 1. The van der Waals surface area contributed by atoms with E-state index in [9.17, 15) is 28.1 Å². The molecule has 0 atom stereocenters. The lowest BCUT2D eigenvalue weighted by atomic mass is 10.1. The maximum absolute atomic E-state index is 12.8. The van der Waals surface area contributed by atoms with Crippen LogP contribution in [0.1, 0.15) is 16.8 Å². The van der Waals surface area contributed by atoms with Crippen molar-refractivity contribution in [1.29, 1.82) is 0 Å². The van der Waals surface area contributed by atoms with Crippen molar-refractivity contribution >= 4 is 17.4 Å². The molecule has 1 amide bonds. The zero-order valence-electron chi connectivity index (χ0n) is 15.1. The molecule has 2 heterocycles. The Labute approximate surface area is 161 Å². The second-order valence-corrected chi connectivity index (χ2v) is 6.23. The predicted octanol–water partition coefficient (Wildman–Crippen LogP) is 3.00. The van der Waals surface area contributed by atoms with Crippen LogP contribution in [0.5, 0.6) is 0 Å². The van der Waals surface area contributed by atoms with Crippen molar-refractivity contribution in [3.8, 4) is 0 Å². The van der Waals surface area contributed by atoms with Crippen molar-refractivity contribution in [3.63, 3.8) is 0 Å². The van der Waals surface area contributed by atoms with Gasteiger partial charge in [0.15, 0.2) is 0 Å². The van der Waals surface area contributed by atoms with E-state index < -0.39 is 22.6 Å². The van der Waals surface area contributed by atoms with Gasteiger partial charge in [0, 0.05) is 6.20 Å². The Balaban J connectivity index is 1.63. The molecule has 29 heavy (non-hydrogen) atoms. The third-order valence-corrected chi connectivity index (χ3v) is 3.96. The monoisotopic (exact) mass is 408 g/mol. The molecule has 0 spiro atoms. The van der Waals surface area contributed by atoms with Gasteiger partial charge in [-0.25, -0.2) is 0 Å². The van der Waals surface area contributed by atoms with Crippen LogP contribution in [0.3, 0.4) is 0 Å².